The fourth-order valence-corrected chi connectivity index (χ4v) is 5.63. The maximum Gasteiger partial charge on any atom is 0.165 e. The van der Waals surface area contributed by atoms with E-state index < -0.39 is 0 Å². The highest BCUT2D eigenvalue weighted by Crippen LogP contribution is 2.45. The molecule has 1 aliphatic heterocycles. The zero-order valence-electron chi connectivity index (χ0n) is 17.7. The fraction of sp³-hybridized carbons (Fsp3) is 0.0345. The van der Waals surface area contributed by atoms with Gasteiger partial charge < -0.3 is 14.2 Å². The molecule has 3 nitrogen and oxygen atoms in total. The zero-order valence-corrected chi connectivity index (χ0v) is 19.3. The van der Waals surface area contributed by atoms with Crippen molar-refractivity contribution >= 4 is 59.9 Å². The Kier molecular flexibility index (Phi) is 4.05. The summed E-state index contributed by atoms with van der Waals surface area (Å²) in [6, 6.07) is 36.4. The number of hydrogen-bond donors (Lipinski definition) is 0. The van der Waals surface area contributed by atoms with Crippen molar-refractivity contribution in [2.45, 2.75) is 0 Å². The minimum atomic E-state index is 0.464. The fourth-order valence-electron chi connectivity index (χ4n) is 5.08. The van der Waals surface area contributed by atoms with Crippen LogP contribution in [-0.4, -0.2) is 11.3 Å². The van der Waals surface area contributed by atoms with Crippen LogP contribution in [0.5, 0.6) is 5.75 Å². The number of halogens is 1. The van der Waals surface area contributed by atoms with Gasteiger partial charge in [0.2, 0.25) is 0 Å². The van der Waals surface area contributed by atoms with Gasteiger partial charge in [0, 0.05) is 26.3 Å². The number of benzene rings is 5. The average molecular weight is 491 g/mol. The van der Waals surface area contributed by atoms with Gasteiger partial charge >= 0.3 is 0 Å². The molecule has 5 aromatic carbocycles. The molecule has 2 heterocycles. The molecule has 0 unspecified atom stereocenters. The first-order chi connectivity index (χ1) is 16.3. The van der Waals surface area contributed by atoms with E-state index in [0.717, 1.165) is 32.7 Å². The predicted molar refractivity (Wildman–Crippen MR) is 140 cm³/mol. The Labute approximate surface area is 199 Å². The van der Waals surface area contributed by atoms with Crippen molar-refractivity contribution in [2.24, 2.45) is 0 Å². The van der Waals surface area contributed by atoms with E-state index in [1.165, 1.54) is 27.2 Å². The zero-order chi connectivity index (χ0) is 21.9. The smallest absolute Gasteiger partial charge is 0.165 e. The molecule has 0 radical (unpaired) electrons. The number of ether oxygens (including phenoxy) is 1. The number of anilines is 2. The predicted octanol–water partition coefficient (Wildman–Crippen LogP) is 8.19. The van der Waals surface area contributed by atoms with E-state index in [9.17, 15) is 0 Å². The number of aromatic nitrogens is 1. The van der Waals surface area contributed by atoms with Gasteiger partial charge in [0.25, 0.3) is 0 Å². The van der Waals surface area contributed by atoms with Crippen LogP contribution >= 0.6 is 15.9 Å². The lowest BCUT2D eigenvalue weighted by molar-refractivity contribution is 0.324. The standard InChI is InChI=1S/C29H19BrN2O/c30-23-16-22-21-12-4-5-13-24(21)32(20-10-2-1-3-11-20)26(22)17-27(23)31-18-33-28-15-7-9-19-8-6-14-25(31)29(19)28/h1-17H,18H2. The van der Waals surface area contributed by atoms with Crippen LogP contribution in [0, 0.1) is 0 Å². The number of fused-ring (bicyclic) bond motifs is 3. The van der Waals surface area contributed by atoms with Gasteiger partial charge in [0.15, 0.2) is 6.73 Å². The number of para-hydroxylation sites is 2. The number of hydrogen-bond acceptors (Lipinski definition) is 2. The molecule has 0 N–H and O–H groups in total. The summed E-state index contributed by atoms with van der Waals surface area (Å²) in [5.41, 5.74) is 5.78. The Balaban J connectivity index is 1.53. The maximum absolute atomic E-state index is 6.20. The van der Waals surface area contributed by atoms with Gasteiger partial charge in [0.1, 0.15) is 5.75 Å². The summed E-state index contributed by atoms with van der Waals surface area (Å²) in [6.07, 6.45) is 0. The topological polar surface area (TPSA) is 17.4 Å². The highest BCUT2D eigenvalue weighted by molar-refractivity contribution is 9.10. The Morgan fingerprint density at radius 3 is 2.33 bits per heavy atom. The van der Waals surface area contributed by atoms with Gasteiger partial charge in [-0.1, -0.05) is 60.7 Å². The molecule has 7 rings (SSSR count). The summed E-state index contributed by atoms with van der Waals surface area (Å²) in [7, 11) is 0. The molecule has 0 bridgehead atoms. The lowest BCUT2D eigenvalue weighted by atomic mass is 10.1. The van der Waals surface area contributed by atoms with E-state index >= 15 is 0 Å². The third-order valence-corrected chi connectivity index (χ3v) is 7.17. The third kappa shape index (κ3) is 2.74. The average Bonchev–Trinajstić information content (AvgIpc) is 3.18. The lowest BCUT2D eigenvalue weighted by Gasteiger charge is -2.32. The normalized spacial score (nSPS) is 13.1. The molecule has 0 aliphatic carbocycles. The van der Waals surface area contributed by atoms with E-state index in [4.69, 9.17) is 4.74 Å². The molecule has 1 aromatic heterocycles. The van der Waals surface area contributed by atoms with Crippen molar-refractivity contribution < 1.29 is 4.74 Å². The number of rotatable bonds is 2. The second-order valence-electron chi connectivity index (χ2n) is 8.34. The monoisotopic (exact) mass is 490 g/mol. The van der Waals surface area contributed by atoms with Crippen LogP contribution in [0.3, 0.4) is 0 Å². The molecule has 33 heavy (non-hydrogen) atoms. The molecule has 4 heteroatoms. The molecule has 6 aromatic rings. The summed E-state index contributed by atoms with van der Waals surface area (Å²) in [5.74, 6) is 0.940. The summed E-state index contributed by atoms with van der Waals surface area (Å²) < 4.78 is 9.60. The minimum Gasteiger partial charge on any atom is -0.472 e. The third-order valence-electron chi connectivity index (χ3n) is 6.53. The van der Waals surface area contributed by atoms with Crippen LogP contribution < -0.4 is 9.64 Å². The second-order valence-corrected chi connectivity index (χ2v) is 9.20. The van der Waals surface area contributed by atoms with Gasteiger partial charge in [-0.05, 0) is 63.8 Å². The summed E-state index contributed by atoms with van der Waals surface area (Å²) in [4.78, 5) is 2.26. The van der Waals surface area contributed by atoms with Crippen molar-refractivity contribution in [3.63, 3.8) is 0 Å². The van der Waals surface area contributed by atoms with Crippen molar-refractivity contribution in [3.8, 4) is 11.4 Å². The summed E-state index contributed by atoms with van der Waals surface area (Å²) in [6.45, 7) is 0.464. The Morgan fingerprint density at radius 1 is 0.667 bits per heavy atom. The van der Waals surface area contributed by atoms with Gasteiger partial charge in [-0.2, -0.15) is 0 Å². The molecule has 0 spiro atoms. The maximum atomic E-state index is 6.20. The van der Waals surface area contributed by atoms with Crippen LogP contribution in [0.25, 0.3) is 38.3 Å². The van der Waals surface area contributed by atoms with Gasteiger partial charge in [-0.15, -0.1) is 0 Å². The molecule has 1 aliphatic rings. The quantitative estimate of drug-likeness (QED) is 0.243. The highest BCUT2D eigenvalue weighted by atomic mass is 79.9. The van der Waals surface area contributed by atoms with E-state index in [1.54, 1.807) is 0 Å². The van der Waals surface area contributed by atoms with Crippen molar-refractivity contribution in [1.82, 2.24) is 4.57 Å². The van der Waals surface area contributed by atoms with Crippen LogP contribution in [0.1, 0.15) is 0 Å². The van der Waals surface area contributed by atoms with Crippen LogP contribution in [0.4, 0.5) is 11.4 Å². The SMILES string of the molecule is Brc1cc2c3ccccc3n(-c3ccccc3)c2cc1N1COc2cccc3cccc1c23. The lowest BCUT2D eigenvalue weighted by Crippen LogP contribution is -2.26. The molecule has 0 fully saturated rings. The molecule has 0 atom stereocenters. The Morgan fingerprint density at radius 2 is 1.45 bits per heavy atom. The first kappa shape index (κ1) is 18.8. The van der Waals surface area contributed by atoms with E-state index in [1.807, 2.05) is 0 Å². The Hall–Kier alpha value is -3.76. The van der Waals surface area contributed by atoms with Gasteiger partial charge in [-0.25, -0.2) is 0 Å². The largest absolute Gasteiger partial charge is 0.472 e. The highest BCUT2D eigenvalue weighted by Gasteiger charge is 2.24. The molecule has 0 saturated carbocycles. The second kappa shape index (κ2) is 7.12. The molecular formula is C29H19BrN2O. The van der Waals surface area contributed by atoms with Crippen LogP contribution in [0.2, 0.25) is 0 Å². The summed E-state index contributed by atoms with van der Waals surface area (Å²) in [5, 5.41) is 4.81. The molecule has 158 valence electrons. The van der Waals surface area contributed by atoms with E-state index in [-0.39, 0.29) is 0 Å². The first-order valence-corrected chi connectivity index (χ1v) is 11.8. The van der Waals surface area contributed by atoms with Gasteiger partial charge in [-0.3, -0.25) is 0 Å². The first-order valence-electron chi connectivity index (χ1n) is 11.0. The minimum absolute atomic E-state index is 0.464. The summed E-state index contributed by atoms with van der Waals surface area (Å²) >= 11 is 3.89. The molecule has 0 saturated heterocycles. The van der Waals surface area contributed by atoms with Crippen LogP contribution in [0.15, 0.2) is 108 Å². The van der Waals surface area contributed by atoms with Crippen molar-refractivity contribution in [2.75, 3.05) is 11.6 Å². The van der Waals surface area contributed by atoms with E-state index in [2.05, 4.69) is 129 Å². The van der Waals surface area contributed by atoms with E-state index in [0.29, 0.717) is 6.73 Å². The van der Waals surface area contributed by atoms with Crippen molar-refractivity contribution in [1.29, 1.82) is 0 Å². The van der Waals surface area contributed by atoms with Crippen molar-refractivity contribution in [3.05, 3.63) is 108 Å². The van der Waals surface area contributed by atoms with Crippen LogP contribution in [-0.2, 0) is 0 Å². The molecule has 0 amide bonds. The Bertz CT molecular complexity index is 1680. The molecular weight excluding hydrogens is 472 g/mol. The van der Waals surface area contributed by atoms with Gasteiger partial charge in [0.05, 0.1) is 22.4 Å². The number of nitrogens with zero attached hydrogens (tertiary/aromatic N) is 2.